The number of nitrogens with zero attached hydrogens (tertiary/aromatic N) is 5. The Morgan fingerprint density at radius 3 is 2.65 bits per heavy atom. The van der Waals surface area contributed by atoms with E-state index < -0.39 is 15.0 Å². The third kappa shape index (κ3) is 2.78. The predicted octanol–water partition coefficient (Wildman–Crippen LogP) is 0.834. The van der Waals surface area contributed by atoms with Crippen LogP contribution in [0.5, 0.6) is 5.75 Å². The van der Waals surface area contributed by atoms with E-state index in [0.29, 0.717) is 16.3 Å². The van der Waals surface area contributed by atoms with Crippen LogP contribution in [0.15, 0.2) is 23.4 Å². The number of benzene rings is 1. The summed E-state index contributed by atoms with van der Waals surface area (Å²) in [6.07, 6.45) is 0.986. The van der Waals surface area contributed by atoms with E-state index in [9.17, 15) is 8.42 Å². The molecular weight excluding hydrogens is 344 g/mol. The average molecular weight is 355 g/mol. The molecule has 3 rings (SSSR count). The van der Waals surface area contributed by atoms with Gasteiger partial charge in [-0.1, -0.05) is 11.6 Å². The summed E-state index contributed by atoms with van der Waals surface area (Å²) in [5.41, 5.74) is 6.33. The molecule has 0 aliphatic carbocycles. The van der Waals surface area contributed by atoms with Crippen molar-refractivity contribution in [2.75, 3.05) is 19.1 Å². The van der Waals surface area contributed by atoms with Gasteiger partial charge >= 0.3 is 0 Å². The first kappa shape index (κ1) is 15.4. The van der Waals surface area contributed by atoms with Crippen LogP contribution in [0.25, 0.3) is 17.2 Å². The Morgan fingerprint density at radius 1 is 1.26 bits per heavy atom. The van der Waals surface area contributed by atoms with Crippen LogP contribution in [0.4, 0.5) is 5.95 Å². The summed E-state index contributed by atoms with van der Waals surface area (Å²) in [4.78, 5) is 11.8. The van der Waals surface area contributed by atoms with Crippen LogP contribution < -0.4 is 10.5 Å². The molecule has 0 amide bonds. The summed E-state index contributed by atoms with van der Waals surface area (Å²) in [5.74, 6) is 0.641. The largest absolute Gasteiger partial charge is 0.495 e. The highest BCUT2D eigenvalue weighted by Crippen LogP contribution is 2.29. The molecule has 3 aromatic rings. The second kappa shape index (κ2) is 5.32. The van der Waals surface area contributed by atoms with Crippen molar-refractivity contribution in [3.63, 3.8) is 0 Å². The number of fused-ring (bicyclic) bond motifs is 1. The Morgan fingerprint density at radius 2 is 2.00 bits per heavy atom. The Bertz CT molecular complexity index is 1020. The topological polar surface area (TPSA) is 125 Å². The number of hydrogen-bond donors (Lipinski definition) is 1. The molecule has 2 N–H and O–H groups in total. The van der Waals surface area contributed by atoms with Gasteiger partial charge in [-0.25, -0.2) is 8.42 Å². The molecule has 2 heterocycles. The van der Waals surface area contributed by atoms with Crippen molar-refractivity contribution >= 4 is 33.2 Å². The molecular formula is C12H11ClN6O3S. The zero-order chi connectivity index (χ0) is 16.8. The number of methoxy groups -OCH3 is 1. The van der Waals surface area contributed by atoms with Crippen LogP contribution in [0.3, 0.4) is 0 Å². The fraction of sp³-hybridized carbons (Fsp3) is 0.167. The minimum atomic E-state index is -3.61. The van der Waals surface area contributed by atoms with Crippen molar-refractivity contribution in [2.45, 2.75) is 5.16 Å². The molecule has 0 fully saturated rings. The highest BCUT2D eigenvalue weighted by Gasteiger charge is 2.18. The van der Waals surface area contributed by atoms with Gasteiger partial charge in [-0.2, -0.15) is 19.5 Å². The summed E-state index contributed by atoms with van der Waals surface area (Å²) < 4.78 is 29.4. The van der Waals surface area contributed by atoms with Gasteiger partial charge < -0.3 is 10.5 Å². The van der Waals surface area contributed by atoms with Gasteiger partial charge in [-0.3, -0.25) is 0 Å². The number of nitrogens with two attached hydrogens (primary N) is 1. The summed E-state index contributed by atoms with van der Waals surface area (Å²) in [7, 11) is -2.12. The maximum absolute atomic E-state index is 11.6. The Hall–Kier alpha value is -2.46. The van der Waals surface area contributed by atoms with Crippen molar-refractivity contribution in [3.8, 4) is 17.1 Å². The summed E-state index contributed by atoms with van der Waals surface area (Å²) >= 11 is 5.98. The van der Waals surface area contributed by atoms with Crippen LogP contribution in [0.1, 0.15) is 0 Å². The number of sulfone groups is 1. The van der Waals surface area contributed by atoms with E-state index in [1.54, 1.807) is 18.2 Å². The molecule has 0 bridgehead atoms. The van der Waals surface area contributed by atoms with E-state index >= 15 is 0 Å². The molecule has 1 aromatic carbocycles. The van der Waals surface area contributed by atoms with Gasteiger partial charge in [0.05, 0.1) is 12.1 Å². The van der Waals surface area contributed by atoms with Gasteiger partial charge in [0.2, 0.25) is 15.8 Å². The predicted molar refractivity (Wildman–Crippen MR) is 83.1 cm³/mol. The molecule has 0 unspecified atom stereocenters. The standard InChI is InChI=1S/C12H11ClN6O3S/c1-22-8-5-6(3-4-7(8)13)9-15-11-17-12(23(2,20)21)16-10(14)19(11)18-9/h3-5H,1-2H3,(H2,14,15,16,17,18). The normalized spacial score (nSPS) is 11.8. The van der Waals surface area contributed by atoms with Crippen molar-refractivity contribution in [1.82, 2.24) is 24.6 Å². The van der Waals surface area contributed by atoms with Crippen LogP contribution in [-0.2, 0) is 9.84 Å². The molecule has 0 atom stereocenters. The number of halogens is 1. The molecule has 2 aromatic heterocycles. The average Bonchev–Trinajstić information content (AvgIpc) is 2.91. The monoisotopic (exact) mass is 354 g/mol. The number of anilines is 1. The maximum Gasteiger partial charge on any atom is 0.258 e. The van der Waals surface area contributed by atoms with Gasteiger partial charge in [0.1, 0.15) is 5.75 Å². The van der Waals surface area contributed by atoms with Crippen molar-refractivity contribution in [3.05, 3.63) is 23.2 Å². The molecule has 0 aliphatic rings. The number of hydrogen-bond acceptors (Lipinski definition) is 8. The number of aromatic nitrogens is 5. The highest BCUT2D eigenvalue weighted by atomic mass is 35.5. The minimum absolute atomic E-state index is 0.0295. The van der Waals surface area contributed by atoms with Crippen molar-refractivity contribution in [2.24, 2.45) is 0 Å². The second-order valence-electron chi connectivity index (χ2n) is 4.63. The van der Waals surface area contributed by atoms with E-state index in [1.165, 1.54) is 7.11 Å². The maximum atomic E-state index is 11.6. The third-order valence-electron chi connectivity index (χ3n) is 2.95. The molecule has 23 heavy (non-hydrogen) atoms. The first-order chi connectivity index (χ1) is 10.8. The SMILES string of the molecule is COc1cc(-c2nc3nc(S(C)(=O)=O)nc(N)n3n2)ccc1Cl. The fourth-order valence-corrected chi connectivity index (χ4v) is 2.57. The van der Waals surface area contributed by atoms with Crippen LogP contribution >= 0.6 is 11.6 Å². The lowest BCUT2D eigenvalue weighted by Gasteiger charge is -2.03. The molecule has 0 spiro atoms. The molecule has 0 saturated heterocycles. The molecule has 9 nitrogen and oxygen atoms in total. The second-order valence-corrected chi connectivity index (χ2v) is 6.95. The highest BCUT2D eigenvalue weighted by molar-refractivity contribution is 7.90. The van der Waals surface area contributed by atoms with Gasteiger partial charge in [0, 0.05) is 11.8 Å². The number of rotatable bonds is 3. The Balaban J connectivity index is 2.19. The molecule has 11 heteroatoms. The van der Waals surface area contributed by atoms with Crippen LogP contribution in [0.2, 0.25) is 5.02 Å². The summed E-state index contributed by atoms with van der Waals surface area (Å²) in [6.45, 7) is 0. The molecule has 0 radical (unpaired) electrons. The van der Waals surface area contributed by atoms with E-state index in [4.69, 9.17) is 22.1 Å². The van der Waals surface area contributed by atoms with Crippen LogP contribution in [0, 0.1) is 0 Å². The van der Waals surface area contributed by atoms with Gasteiger partial charge in [-0.15, -0.1) is 5.10 Å². The van der Waals surface area contributed by atoms with E-state index in [0.717, 1.165) is 10.8 Å². The van der Waals surface area contributed by atoms with Gasteiger partial charge in [0.15, 0.2) is 5.82 Å². The smallest absolute Gasteiger partial charge is 0.258 e. The summed E-state index contributed by atoms with van der Waals surface area (Å²) in [6, 6.07) is 4.98. The number of nitrogen functional groups attached to an aromatic ring is 1. The van der Waals surface area contributed by atoms with Gasteiger partial charge in [-0.05, 0) is 18.2 Å². The lowest BCUT2D eigenvalue weighted by molar-refractivity contribution is 0.415. The molecule has 0 aliphatic heterocycles. The van der Waals surface area contributed by atoms with E-state index in [-0.39, 0.29) is 17.6 Å². The lowest BCUT2D eigenvalue weighted by atomic mass is 10.2. The first-order valence-corrected chi connectivity index (χ1v) is 8.51. The van der Waals surface area contributed by atoms with E-state index in [1.807, 2.05) is 0 Å². The van der Waals surface area contributed by atoms with Crippen molar-refractivity contribution < 1.29 is 13.2 Å². The zero-order valence-corrected chi connectivity index (χ0v) is 13.6. The number of ether oxygens (including phenoxy) is 1. The Kier molecular flexibility index (Phi) is 3.57. The quantitative estimate of drug-likeness (QED) is 0.733. The minimum Gasteiger partial charge on any atom is -0.495 e. The summed E-state index contributed by atoms with van der Waals surface area (Å²) in [5, 5.41) is 4.21. The Labute approximate surface area is 136 Å². The van der Waals surface area contributed by atoms with Crippen molar-refractivity contribution in [1.29, 1.82) is 0 Å². The molecule has 0 saturated carbocycles. The zero-order valence-electron chi connectivity index (χ0n) is 12.1. The van der Waals surface area contributed by atoms with Crippen LogP contribution in [-0.4, -0.2) is 46.3 Å². The fourth-order valence-electron chi connectivity index (χ4n) is 1.87. The first-order valence-electron chi connectivity index (χ1n) is 6.24. The molecule has 120 valence electrons. The van der Waals surface area contributed by atoms with E-state index in [2.05, 4.69) is 20.1 Å². The lowest BCUT2D eigenvalue weighted by Crippen LogP contribution is -2.11. The third-order valence-corrected chi connectivity index (χ3v) is 4.11. The van der Waals surface area contributed by atoms with Gasteiger partial charge in [0.25, 0.3) is 10.9 Å².